The van der Waals surface area contributed by atoms with Crippen LogP contribution in [0.1, 0.15) is 25.7 Å². The molecule has 1 aromatic carbocycles. The van der Waals surface area contributed by atoms with Crippen LogP contribution in [0.25, 0.3) is 0 Å². The van der Waals surface area contributed by atoms with Gasteiger partial charge in [0.1, 0.15) is 0 Å². The maximum Gasteiger partial charge on any atom is 0.239 e. The highest BCUT2D eigenvalue weighted by Gasteiger charge is 2.69. The quantitative estimate of drug-likeness (QED) is 0.739. The summed E-state index contributed by atoms with van der Waals surface area (Å²) in [5, 5.41) is 0. The van der Waals surface area contributed by atoms with Crippen LogP contribution in [0.15, 0.2) is 30.3 Å². The Hall–Kier alpha value is -1.72. The zero-order valence-electron chi connectivity index (χ0n) is 13.7. The molecule has 5 nitrogen and oxygen atoms in total. The van der Waals surface area contributed by atoms with Crippen molar-refractivity contribution in [2.75, 3.05) is 24.7 Å². The molecule has 4 aliphatic rings. The molecule has 4 saturated heterocycles. The molecule has 126 valence electrons. The molecule has 3 atom stereocenters. The van der Waals surface area contributed by atoms with Gasteiger partial charge in [0.05, 0.1) is 17.5 Å². The summed E-state index contributed by atoms with van der Waals surface area (Å²) in [5.41, 5.74) is 0.550. The Balaban J connectivity index is 1.60. The highest BCUT2D eigenvalue weighted by Crippen LogP contribution is 2.56. The van der Waals surface area contributed by atoms with Gasteiger partial charge in [-0.2, -0.15) is 0 Å². The number of para-hydroxylation sites is 1. The van der Waals surface area contributed by atoms with Crippen molar-refractivity contribution in [1.29, 1.82) is 0 Å². The predicted octanol–water partition coefficient (Wildman–Crippen LogP) is 1.82. The summed E-state index contributed by atoms with van der Waals surface area (Å²) < 4.78 is 5.59. The first-order chi connectivity index (χ1) is 11.7. The van der Waals surface area contributed by atoms with Gasteiger partial charge in [-0.15, -0.1) is 0 Å². The second kappa shape index (κ2) is 5.14. The van der Waals surface area contributed by atoms with E-state index in [4.69, 9.17) is 4.74 Å². The second-order valence-electron chi connectivity index (χ2n) is 7.47. The molecule has 4 heterocycles. The van der Waals surface area contributed by atoms with E-state index in [0.717, 1.165) is 32.2 Å². The zero-order chi connectivity index (χ0) is 16.3. The topological polar surface area (TPSA) is 49.9 Å². The minimum absolute atomic E-state index is 0.00694. The molecule has 5 rings (SSSR count). The maximum absolute atomic E-state index is 13.3. The summed E-state index contributed by atoms with van der Waals surface area (Å²) in [6.07, 6.45) is 3.90. The van der Waals surface area contributed by atoms with Crippen molar-refractivity contribution in [2.24, 2.45) is 11.8 Å². The van der Waals surface area contributed by atoms with Crippen LogP contribution in [0.4, 0.5) is 5.69 Å². The van der Waals surface area contributed by atoms with E-state index < -0.39 is 0 Å². The lowest BCUT2D eigenvalue weighted by molar-refractivity contribution is -0.127. The molecule has 0 radical (unpaired) electrons. The van der Waals surface area contributed by atoms with Gasteiger partial charge in [0.2, 0.25) is 11.8 Å². The number of benzene rings is 1. The highest BCUT2D eigenvalue weighted by atomic mass is 16.5. The molecule has 0 saturated carbocycles. The Morgan fingerprint density at radius 3 is 2.54 bits per heavy atom. The number of rotatable bonds is 1. The van der Waals surface area contributed by atoms with Crippen LogP contribution in [0.5, 0.6) is 0 Å². The number of imide groups is 1. The summed E-state index contributed by atoms with van der Waals surface area (Å²) in [5.74, 6) is -0.346. The number of fused-ring (bicyclic) bond motifs is 5. The first-order valence-corrected chi connectivity index (χ1v) is 9.01. The van der Waals surface area contributed by atoms with Crippen LogP contribution in [-0.2, 0) is 14.3 Å². The highest BCUT2D eigenvalue weighted by molar-refractivity contribution is 6.23. The fourth-order valence-electron chi connectivity index (χ4n) is 5.70. The number of hydrogen-bond acceptors (Lipinski definition) is 4. The van der Waals surface area contributed by atoms with Crippen molar-refractivity contribution in [2.45, 2.75) is 37.3 Å². The summed E-state index contributed by atoms with van der Waals surface area (Å²) >= 11 is 0. The van der Waals surface area contributed by atoms with E-state index in [1.165, 1.54) is 4.90 Å². The van der Waals surface area contributed by atoms with E-state index in [-0.39, 0.29) is 35.2 Å². The van der Waals surface area contributed by atoms with Gasteiger partial charge in [-0.25, -0.2) is 4.90 Å². The molecule has 4 aliphatic heterocycles. The van der Waals surface area contributed by atoms with Crippen LogP contribution in [0.3, 0.4) is 0 Å². The maximum atomic E-state index is 13.3. The number of anilines is 1. The molecular formula is C19H22N2O3. The number of amides is 2. The lowest BCUT2D eigenvalue weighted by Crippen LogP contribution is -2.55. The Morgan fingerprint density at radius 2 is 1.79 bits per heavy atom. The fraction of sp³-hybridized carbons (Fsp3) is 0.579. The summed E-state index contributed by atoms with van der Waals surface area (Å²) in [6, 6.07) is 9.64. The predicted molar refractivity (Wildman–Crippen MR) is 88.4 cm³/mol. The number of hydrogen-bond donors (Lipinski definition) is 0. The minimum Gasteiger partial charge on any atom is -0.381 e. The third-order valence-corrected chi connectivity index (χ3v) is 6.59. The fourth-order valence-corrected chi connectivity index (χ4v) is 5.70. The van der Waals surface area contributed by atoms with Crippen molar-refractivity contribution in [3.8, 4) is 0 Å². The molecule has 0 unspecified atom stereocenters. The molecule has 0 aromatic heterocycles. The van der Waals surface area contributed by atoms with Crippen LogP contribution < -0.4 is 4.90 Å². The summed E-state index contributed by atoms with van der Waals surface area (Å²) in [4.78, 5) is 30.5. The number of carbonyl (C=O) groups is 2. The zero-order valence-corrected chi connectivity index (χ0v) is 13.7. The van der Waals surface area contributed by atoms with Crippen LogP contribution in [0, 0.1) is 11.8 Å². The van der Waals surface area contributed by atoms with E-state index in [2.05, 4.69) is 4.90 Å². The summed E-state index contributed by atoms with van der Waals surface area (Å²) in [7, 11) is 0. The molecule has 1 aromatic rings. The smallest absolute Gasteiger partial charge is 0.239 e. The molecule has 24 heavy (non-hydrogen) atoms. The Kier molecular flexibility index (Phi) is 3.13. The number of carbonyl (C=O) groups excluding carboxylic acids is 2. The van der Waals surface area contributed by atoms with Gasteiger partial charge in [-0.1, -0.05) is 18.2 Å². The molecule has 1 spiro atoms. The lowest BCUT2D eigenvalue weighted by Gasteiger charge is -2.44. The van der Waals surface area contributed by atoms with E-state index in [0.29, 0.717) is 18.9 Å². The van der Waals surface area contributed by atoms with Gasteiger partial charge in [-0.05, 0) is 44.4 Å². The van der Waals surface area contributed by atoms with E-state index in [9.17, 15) is 9.59 Å². The van der Waals surface area contributed by atoms with Crippen LogP contribution in [-0.4, -0.2) is 48.1 Å². The Bertz CT molecular complexity index is 683. The molecule has 0 aliphatic carbocycles. The Morgan fingerprint density at radius 1 is 1.04 bits per heavy atom. The van der Waals surface area contributed by atoms with E-state index >= 15 is 0 Å². The first-order valence-electron chi connectivity index (χ1n) is 9.01. The largest absolute Gasteiger partial charge is 0.381 e. The van der Waals surface area contributed by atoms with Crippen LogP contribution >= 0.6 is 0 Å². The van der Waals surface area contributed by atoms with Crippen molar-refractivity contribution >= 4 is 17.5 Å². The molecule has 0 bridgehead atoms. The standard InChI is InChI=1S/C19H22N2O3/c22-17-15-14-7-4-10-20(14)19(8-11-24-12-9-19)16(15)18(23)21(17)13-5-2-1-3-6-13/h1-3,5-6,14-16H,4,7-12H2/t14-,15+,16-/m0/s1. The molecule has 4 fully saturated rings. The SMILES string of the molecule is O=C1[C@H]2[C@@H](C(=O)N1c1ccccc1)C1(CCOCC1)N1CCC[C@@H]21. The lowest BCUT2D eigenvalue weighted by atomic mass is 9.74. The van der Waals surface area contributed by atoms with Crippen molar-refractivity contribution < 1.29 is 14.3 Å². The van der Waals surface area contributed by atoms with Gasteiger partial charge in [-0.3, -0.25) is 14.5 Å². The molecule has 5 heteroatoms. The Labute approximate surface area is 141 Å². The average Bonchev–Trinajstić information content (AvgIpc) is 3.25. The molecule has 2 amide bonds. The van der Waals surface area contributed by atoms with Gasteiger partial charge < -0.3 is 4.74 Å². The second-order valence-corrected chi connectivity index (χ2v) is 7.47. The third kappa shape index (κ3) is 1.72. The van der Waals surface area contributed by atoms with Gasteiger partial charge in [0, 0.05) is 24.8 Å². The van der Waals surface area contributed by atoms with Crippen molar-refractivity contribution in [3.63, 3.8) is 0 Å². The monoisotopic (exact) mass is 326 g/mol. The van der Waals surface area contributed by atoms with Gasteiger partial charge in [0.15, 0.2) is 0 Å². The van der Waals surface area contributed by atoms with Crippen molar-refractivity contribution in [3.05, 3.63) is 30.3 Å². The van der Waals surface area contributed by atoms with E-state index in [1.807, 2.05) is 30.3 Å². The molecule has 0 N–H and O–H groups in total. The number of nitrogens with zero attached hydrogens (tertiary/aromatic N) is 2. The third-order valence-electron chi connectivity index (χ3n) is 6.59. The van der Waals surface area contributed by atoms with Gasteiger partial charge in [0.25, 0.3) is 0 Å². The summed E-state index contributed by atoms with van der Waals surface area (Å²) in [6.45, 7) is 2.40. The van der Waals surface area contributed by atoms with E-state index in [1.54, 1.807) is 0 Å². The molecular weight excluding hydrogens is 304 g/mol. The minimum atomic E-state index is -0.195. The van der Waals surface area contributed by atoms with Crippen LogP contribution in [0.2, 0.25) is 0 Å². The first kappa shape index (κ1) is 14.6. The number of ether oxygens (including phenoxy) is 1. The van der Waals surface area contributed by atoms with Gasteiger partial charge >= 0.3 is 0 Å². The van der Waals surface area contributed by atoms with Crippen molar-refractivity contribution in [1.82, 2.24) is 4.90 Å². The average molecular weight is 326 g/mol. The normalized spacial score (nSPS) is 34.8.